The standard InChI is InChI=1S/C15H16FNO3S/c1-3-20-12(18)7-8-17-15(19)14-9(2)13-10(16)5-4-6-11(13)21-14/h4-6H,3,7-8H2,1-2H3,(H,17,19). The molecule has 1 heterocycles. The SMILES string of the molecule is CCOC(=O)CCNC(=O)c1sc2cccc(F)c2c1C. The lowest BCUT2D eigenvalue weighted by Crippen LogP contribution is -2.26. The summed E-state index contributed by atoms with van der Waals surface area (Å²) in [4.78, 5) is 23.8. The van der Waals surface area contributed by atoms with Crippen molar-refractivity contribution in [3.8, 4) is 0 Å². The number of hydrogen-bond donors (Lipinski definition) is 1. The minimum absolute atomic E-state index is 0.123. The monoisotopic (exact) mass is 309 g/mol. The van der Waals surface area contributed by atoms with Crippen molar-refractivity contribution in [2.45, 2.75) is 20.3 Å². The molecule has 0 fully saturated rings. The lowest BCUT2D eigenvalue weighted by Gasteiger charge is -2.04. The van der Waals surface area contributed by atoms with Gasteiger partial charge in [-0.25, -0.2) is 4.39 Å². The molecule has 21 heavy (non-hydrogen) atoms. The van der Waals surface area contributed by atoms with Gasteiger partial charge < -0.3 is 10.1 Å². The van der Waals surface area contributed by atoms with Gasteiger partial charge in [0.2, 0.25) is 0 Å². The number of esters is 1. The number of benzene rings is 1. The Hall–Kier alpha value is -1.95. The highest BCUT2D eigenvalue weighted by Gasteiger charge is 2.17. The van der Waals surface area contributed by atoms with E-state index in [4.69, 9.17) is 4.74 Å². The molecule has 0 aliphatic carbocycles. The van der Waals surface area contributed by atoms with E-state index in [0.29, 0.717) is 22.4 Å². The van der Waals surface area contributed by atoms with Gasteiger partial charge in [-0.2, -0.15) is 0 Å². The molecule has 0 saturated heterocycles. The largest absolute Gasteiger partial charge is 0.466 e. The molecule has 6 heteroatoms. The first-order valence-electron chi connectivity index (χ1n) is 6.66. The van der Waals surface area contributed by atoms with Gasteiger partial charge in [-0.3, -0.25) is 9.59 Å². The normalized spacial score (nSPS) is 10.6. The summed E-state index contributed by atoms with van der Waals surface area (Å²) < 4.78 is 19.3. The fraction of sp³-hybridized carbons (Fsp3) is 0.333. The van der Waals surface area contributed by atoms with Crippen molar-refractivity contribution < 1.29 is 18.7 Å². The van der Waals surface area contributed by atoms with Gasteiger partial charge in [0.15, 0.2) is 0 Å². The summed E-state index contributed by atoms with van der Waals surface area (Å²) in [7, 11) is 0. The van der Waals surface area contributed by atoms with E-state index in [1.807, 2.05) is 0 Å². The predicted octanol–water partition coefficient (Wildman–Crippen LogP) is 3.03. The molecular weight excluding hydrogens is 293 g/mol. The van der Waals surface area contributed by atoms with Crippen LogP contribution in [0.4, 0.5) is 4.39 Å². The lowest BCUT2D eigenvalue weighted by molar-refractivity contribution is -0.142. The third kappa shape index (κ3) is 3.39. The number of fused-ring (bicyclic) bond motifs is 1. The molecule has 2 rings (SSSR count). The van der Waals surface area contributed by atoms with Crippen LogP contribution >= 0.6 is 11.3 Å². The van der Waals surface area contributed by atoms with Gasteiger partial charge >= 0.3 is 5.97 Å². The predicted molar refractivity (Wildman–Crippen MR) is 80.1 cm³/mol. The Kier molecular flexibility index (Phi) is 4.90. The minimum Gasteiger partial charge on any atom is -0.466 e. The van der Waals surface area contributed by atoms with Crippen LogP contribution in [0.1, 0.15) is 28.6 Å². The number of nitrogens with one attached hydrogen (secondary N) is 1. The number of amides is 1. The van der Waals surface area contributed by atoms with Gasteiger partial charge in [0.25, 0.3) is 5.91 Å². The second-order valence-electron chi connectivity index (χ2n) is 4.48. The zero-order valence-corrected chi connectivity index (χ0v) is 12.7. The molecule has 0 unspecified atom stereocenters. The van der Waals surface area contributed by atoms with Crippen molar-refractivity contribution in [2.24, 2.45) is 0 Å². The zero-order chi connectivity index (χ0) is 15.4. The number of ether oxygens (including phenoxy) is 1. The molecule has 0 radical (unpaired) electrons. The molecule has 2 aromatic rings. The van der Waals surface area contributed by atoms with E-state index in [9.17, 15) is 14.0 Å². The Labute approximate surface area is 125 Å². The summed E-state index contributed by atoms with van der Waals surface area (Å²) in [6.07, 6.45) is 0.123. The molecule has 0 bridgehead atoms. The summed E-state index contributed by atoms with van der Waals surface area (Å²) >= 11 is 1.25. The zero-order valence-electron chi connectivity index (χ0n) is 11.9. The van der Waals surface area contributed by atoms with Crippen LogP contribution in [0.15, 0.2) is 18.2 Å². The van der Waals surface area contributed by atoms with Gasteiger partial charge in [-0.1, -0.05) is 6.07 Å². The molecule has 0 spiro atoms. The minimum atomic E-state index is -0.350. The van der Waals surface area contributed by atoms with E-state index < -0.39 is 0 Å². The number of carbonyl (C=O) groups is 2. The third-order valence-electron chi connectivity index (χ3n) is 3.03. The number of thiophene rings is 1. The smallest absolute Gasteiger partial charge is 0.307 e. The van der Waals surface area contributed by atoms with Gasteiger partial charge in [-0.15, -0.1) is 11.3 Å². The van der Waals surface area contributed by atoms with Gasteiger partial charge in [0, 0.05) is 16.6 Å². The molecule has 1 amide bonds. The molecule has 112 valence electrons. The van der Waals surface area contributed by atoms with Gasteiger partial charge in [-0.05, 0) is 31.5 Å². The molecule has 0 saturated carbocycles. The first-order valence-corrected chi connectivity index (χ1v) is 7.47. The molecule has 0 aliphatic heterocycles. The van der Waals surface area contributed by atoms with E-state index in [0.717, 1.165) is 4.70 Å². The fourth-order valence-electron chi connectivity index (χ4n) is 2.06. The molecule has 4 nitrogen and oxygen atoms in total. The van der Waals surface area contributed by atoms with Crippen molar-refractivity contribution in [1.82, 2.24) is 5.32 Å². The van der Waals surface area contributed by atoms with Crippen LogP contribution in [0.5, 0.6) is 0 Å². The van der Waals surface area contributed by atoms with E-state index in [-0.39, 0.29) is 30.7 Å². The fourth-order valence-corrected chi connectivity index (χ4v) is 3.20. The summed E-state index contributed by atoms with van der Waals surface area (Å²) in [5, 5.41) is 3.14. The van der Waals surface area contributed by atoms with E-state index in [1.165, 1.54) is 17.4 Å². The number of aryl methyl sites for hydroxylation is 1. The Bertz CT molecular complexity index is 681. The van der Waals surface area contributed by atoms with Crippen LogP contribution in [0.3, 0.4) is 0 Å². The third-order valence-corrected chi connectivity index (χ3v) is 4.29. The van der Waals surface area contributed by atoms with E-state index >= 15 is 0 Å². The first kappa shape index (κ1) is 15.4. The number of carbonyl (C=O) groups excluding carboxylic acids is 2. The van der Waals surface area contributed by atoms with Crippen molar-refractivity contribution in [3.05, 3.63) is 34.5 Å². The molecule has 0 atom stereocenters. The van der Waals surface area contributed by atoms with Crippen molar-refractivity contribution in [1.29, 1.82) is 0 Å². The second kappa shape index (κ2) is 6.67. The number of rotatable bonds is 5. The van der Waals surface area contributed by atoms with Crippen LogP contribution in [0.2, 0.25) is 0 Å². The highest BCUT2D eigenvalue weighted by Crippen LogP contribution is 2.32. The average molecular weight is 309 g/mol. The number of halogens is 1. The highest BCUT2D eigenvalue weighted by atomic mass is 32.1. The van der Waals surface area contributed by atoms with Crippen molar-refractivity contribution in [3.63, 3.8) is 0 Å². The van der Waals surface area contributed by atoms with E-state index in [2.05, 4.69) is 5.32 Å². The molecule has 1 aromatic carbocycles. The van der Waals surface area contributed by atoms with Crippen LogP contribution in [-0.4, -0.2) is 25.0 Å². The Balaban J connectivity index is 2.08. The maximum atomic E-state index is 13.8. The highest BCUT2D eigenvalue weighted by molar-refractivity contribution is 7.21. The topological polar surface area (TPSA) is 55.4 Å². The van der Waals surface area contributed by atoms with Crippen LogP contribution in [0, 0.1) is 12.7 Å². The first-order chi connectivity index (χ1) is 10.0. The van der Waals surface area contributed by atoms with Gasteiger partial charge in [0.1, 0.15) is 5.82 Å². The summed E-state index contributed by atoms with van der Waals surface area (Å²) in [6, 6.07) is 4.78. The Morgan fingerprint density at radius 3 is 2.81 bits per heavy atom. The molecular formula is C15H16FNO3S. The van der Waals surface area contributed by atoms with E-state index in [1.54, 1.807) is 26.0 Å². The van der Waals surface area contributed by atoms with Crippen LogP contribution < -0.4 is 5.32 Å². The lowest BCUT2D eigenvalue weighted by atomic mass is 10.1. The number of hydrogen-bond acceptors (Lipinski definition) is 4. The summed E-state index contributed by atoms with van der Waals surface area (Å²) in [5.41, 5.74) is 0.627. The maximum absolute atomic E-state index is 13.8. The molecule has 1 aromatic heterocycles. The Morgan fingerprint density at radius 1 is 1.38 bits per heavy atom. The summed E-state index contributed by atoms with van der Waals surface area (Å²) in [6.45, 7) is 3.98. The van der Waals surface area contributed by atoms with Crippen molar-refractivity contribution >= 4 is 33.3 Å². The molecule has 1 N–H and O–H groups in total. The van der Waals surface area contributed by atoms with Gasteiger partial charge in [0.05, 0.1) is 17.9 Å². The average Bonchev–Trinajstić information content (AvgIpc) is 2.78. The van der Waals surface area contributed by atoms with Crippen molar-refractivity contribution in [2.75, 3.05) is 13.2 Å². The van der Waals surface area contributed by atoms with Crippen LogP contribution in [-0.2, 0) is 9.53 Å². The second-order valence-corrected chi connectivity index (χ2v) is 5.53. The quantitative estimate of drug-likeness (QED) is 0.864. The maximum Gasteiger partial charge on any atom is 0.307 e. The van der Waals surface area contributed by atoms with Crippen LogP contribution in [0.25, 0.3) is 10.1 Å². The summed E-state index contributed by atoms with van der Waals surface area (Å²) in [5.74, 6) is -0.971. The Morgan fingerprint density at radius 2 is 2.14 bits per heavy atom. The molecule has 0 aliphatic rings.